The summed E-state index contributed by atoms with van der Waals surface area (Å²) in [4.78, 5) is 0. The second-order valence-electron chi connectivity index (χ2n) is 5.20. The Morgan fingerprint density at radius 3 is 2.65 bits per heavy atom. The Morgan fingerprint density at radius 1 is 1.53 bits per heavy atom. The van der Waals surface area contributed by atoms with Gasteiger partial charge in [-0.05, 0) is 32.7 Å². The van der Waals surface area contributed by atoms with E-state index in [1.54, 1.807) is 4.68 Å². The summed E-state index contributed by atoms with van der Waals surface area (Å²) in [5, 5.41) is 8.57. The minimum Gasteiger partial charge on any atom is -0.317 e. The highest BCUT2D eigenvalue weighted by Gasteiger charge is 2.23. The molecule has 1 atom stereocenters. The van der Waals surface area contributed by atoms with Gasteiger partial charge in [0.1, 0.15) is 5.15 Å². The fourth-order valence-electron chi connectivity index (χ4n) is 2.59. The summed E-state index contributed by atoms with van der Waals surface area (Å²) < 4.78 is 1.77. The Kier molecular flexibility index (Phi) is 4.10. The molecule has 1 aromatic heterocycles. The molecule has 3 nitrogen and oxygen atoms in total. The summed E-state index contributed by atoms with van der Waals surface area (Å²) >= 11 is 6.27. The molecule has 2 rings (SSSR count). The molecule has 1 saturated carbocycles. The first-order valence-corrected chi connectivity index (χ1v) is 6.84. The van der Waals surface area contributed by atoms with E-state index in [-0.39, 0.29) is 0 Å². The van der Waals surface area contributed by atoms with Gasteiger partial charge in [0.25, 0.3) is 0 Å². The third-order valence-electron chi connectivity index (χ3n) is 3.97. The van der Waals surface area contributed by atoms with Crippen molar-refractivity contribution in [2.45, 2.75) is 45.1 Å². The zero-order valence-electron chi connectivity index (χ0n) is 11.0. The van der Waals surface area contributed by atoms with Gasteiger partial charge in [0, 0.05) is 18.7 Å². The Balaban J connectivity index is 2.01. The SMILES string of the molecule is CNC(Cc1c(C)nn(C)c1Cl)CC1CCC1. The van der Waals surface area contributed by atoms with Gasteiger partial charge in [0.15, 0.2) is 0 Å². The summed E-state index contributed by atoms with van der Waals surface area (Å²) in [7, 11) is 3.95. The summed E-state index contributed by atoms with van der Waals surface area (Å²) in [6.45, 7) is 2.04. The van der Waals surface area contributed by atoms with Crippen molar-refractivity contribution in [3.05, 3.63) is 16.4 Å². The van der Waals surface area contributed by atoms with Gasteiger partial charge in [-0.3, -0.25) is 4.68 Å². The number of halogens is 1. The number of aromatic nitrogens is 2. The normalized spacial score (nSPS) is 18.1. The quantitative estimate of drug-likeness (QED) is 0.877. The molecule has 1 aliphatic rings. The van der Waals surface area contributed by atoms with Crippen molar-refractivity contribution in [1.82, 2.24) is 15.1 Å². The maximum atomic E-state index is 6.27. The lowest BCUT2D eigenvalue weighted by atomic mass is 9.80. The van der Waals surface area contributed by atoms with Crippen LogP contribution < -0.4 is 5.32 Å². The van der Waals surface area contributed by atoms with E-state index in [4.69, 9.17) is 11.6 Å². The standard InChI is InChI=1S/C13H22ClN3/c1-9-12(13(14)17(3)16-9)8-11(15-2)7-10-5-4-6-10/h10-11,15H,4-8H2,1-3H3. The molecule has 1 N–H and O–H groups in total. The van der Waals surface area contributed by atoms with Crippen LogP contribution in [0.5, 0.6) is 0 Å². The zero-order chi connectivity index (χ0) is 12.4. The molecular weight excluding hydrogens is 234 g/mol. The van der Waals surface area contributed by atoms with E-state index in [1.807, 2.05) is 21.0 Å². The van der Waals surface area contributed by atoms with E-state index < -0.39 is 0 Å². The summed E-state index contributed by atoms with van der Waals surface area (Å²) in [6.07, 6.45) is 6.47. The minimum absolute atomic E-state index is 0.528. The van der Waals surface area contributed by atoms with Gasteiger partial charge >= 0.3 is 0 Å². The lowest BCUT2D eigenvalue weighted by molar-refractivity contribution is 0.263. The molecule has 0 radical (unpaired) electrons. The number of nitrogens with one attached hydrogen (secondary N) is 1. The van der Waals surface area contributed by atoms with Crippen molar-refractivity contribution in [3.8, 4) is 0 Å². The van der Waals surface area contributed by atoms with Crippen molar-refractivity contribution in [2.75, 3.05) is 7.05 Å². The molecule has 96 valence electrons. The zero-order valence-corrected chi connectivity index (χ0v) is 11.7. The first-order chi connectivity index (χ1) is 8.11. The molecule has 17 heavy (non-hydrogen) atoms. The maximum absolute atomic E-state index is 6.27. The molecule has 0 aliphatic heterocycles. The van der Waals surface area contributed by atoms with Gasteiger partial charge in [0.05, 0.1) is 5.69 Å². The molecule has 1 heterocycles. The van der Waals surface area contributed by atoms with Crippen LogP contribution in [-0.4, -0.2) is 22.9 Å². The smallest absolute Gasteiger partial charge is 0.130 e. The van der Waals surface area contributed by atoms with Crippen molar-refractivity contribution in [1.29, 1.82) is 0 Å². The van der Waals surface area contributed by atoms with Crippen LogP contribution in [0.25, 0.3) is 0 Å². The van der Waals surface area contributed by atoms with Crippen molar-refractivity contribution in [3.63, 3.8) is 0 Å². The van der Waals surface area contributed by atoms with E-state index in [9.17, 15) is 0 Å². The van der Waals surface area contributed by atoms with Crippen LogP contribution in [0.4, 0.5) is 0 Å². The average molecular weight is 256 g/mol. The van der Waals surface area contributed by atoms with Gasteiger partial charge in [-0.2, -0.15) is 5.10 Å². The van der Waals surface area contributed by atoms with Crippen LogP contribution in [0.3, 0.4) is 0 Å². The Morgan fingerprint density at radius 2 is 2.24 bits per heavy atom. The fourth-order valence-corrected chi connectivity index (χ4v) is 2.84. The van der Waals surface area contributed by atoms with E-state index in [1.165, 1.54) is 31.2 Å². The Bertz CT molecular complexity index is 382. The topological polar surface area (TPSA) is 29.9 Å². The van der Waals surface area contributed by atoms with Gasteiger partial charge < -0.3 is 5.32 Å². The van der Waals surface area contributed by atoms with E-state index in [0.717, 1.165) is 23.2 Å². The second-order valence-corrected chi connectivity index (χ2v) is 5.56. The molecular formula is C13H22ClN3. The molecule has 4 heteroatoms. The largest absolute Gasteiger partial charge is 0.317 e. The third kappa shape index (κ3) is 2.83. The van der Waals surface area contributed by atoms with Crippen LogP contribution in [0.2, 0.25) is 5.15 Å². The van der Waals surface area contributed by atoms with Crippen LogP contribution >= 0.6 is 11.6 Å². The Hall–Kier alpha value is -0.540. The molecule has 1 unspecified atom stereocenters. The third-order valence-corrected chi connectivity index (χ3v) is 4.44. The van der Waals surface area contributed by atoms with Crippen molar-refractivity contribution in [2.24, 2.45) is 13.0 Å². The molecule has 1 aromatic rings. The van der Waals surface area contributed by atoms with Gasteiger partial charge in [-0.1, -0.05) is 30.9 Å². The van der Waals surface area contributed by atoms with Crippen LogP contribution in [0.1, 0.15) is 36.9 Å². The van der Waals surface area contributed by atoms with E-state index >= 15 is 0 Å². The highest BCUT2D eigenvalue weighted by Crippen LogP contribution is 2.31. The van der Waals surface area contributed by atoms with E-state index in [2.05, 4.69) is 10.4 Å². The highest BCUT2D eigenvalue weighted by atomic mass is 35.5. The highest BCUT2D eigenvalue weighted by molar-refractivity contribution is 6.30. The number of nitrogens with zero attached hydrogens (tertiary/aromatic N) is 2. The van der Waals surface area contributed by atoms with Gasteiger partial charge in [-0.25, -0.2) is 0 Å². The Labute approximate surface area is 109 Å². The minimum atomic E-state index is 0.528. The van der Waals surface area contributed by atoms with Gasteiger partial charge in [-0.15, -0.1) is 0 Å². The van der Waals surface area contributed by atoms with Crippen molar-refractivity contribution >= 4 is 11.6 Å². The molecule has 1 aliphatic carbocycles. The van der Waals surface area contributed by atoms with Crippen LogP contribution in [-0.2, 0) is 13.5 Å². The van der Waals surface area contributed by atoms with Gasteiger partial charge in [0.2, 0.25) is 0 Å². The molecule has 0 bridgehead atoms. The predicted octanol–water partition coefficient (Wildman–Crippen LogP) is 2.70. The molecule has 0 amide bonds. The number of rotatable bonds is 5. The maximum Gasteiger partial charge on any atom is 0.130 e. The van der Waals surface area contributed by atoms with Crippen LogP contribution in [0.15, 0.2) is 0 Å². The first-order valence-electron chi connectivity index (χ1n) is 6.47. The number of hydrogen-bond donors (Lipinski definition) is 1. The molecule has 1 fully saturated rings. The summed E-state index contributed by atoms with van der Waals surface area (Å²) in [5.41, 5.74) is 2.26. The van der Waals surface area contributed by atoms with E-state index in [0.29, 0.717) is 6.04 Å². The number of aryl methyl sites for hydroxylation is 2. The average Bonchev–Trinajstić information content (AvgIpc) is 2.47. The summed E-state index contributed by atoms with van der Waals surface area (Å²) in [6, 6.07) is 0.528. The second kappa shape index (κ2) is 5.40. The fraction of sp³-hybridized carbons (Fsp3) is 0.769. The number of likely N-dealkylation sites (N-methyl/N-ethyl adjacent to an activating group) is 1. The van der Waals surface area contributed by atoms with Crippen molar-refractivity contribution < 1.29 is 0 Å². The molecule has 0 spiro atoms. The van der Waals surface area contributed by atoms with Crippen LogP contribution in [0, 0.1) is 12.8 Å². The monoisotopic (exact) mass is 255 g/mol. The molecule has 0 aromatic carbocycles. The lowest BCUT2D eigenvalue weighted by Gasteiger charge is -2.29. The lowest BCUT2D eigenvalue weighted by Crippen LogP contribution is -2.32. The number of hydrogen-bond acceptors (Lipinski definition) is 2. The predicted molar refractivity (Wildman–Crippen MR) is 71.5 cm³/mol. The summed E-state index contributed by atoms with van der Waals surface area (Å²) in [5.74, 6) is 0.920. The molecule has 0 saturated heterocycles. The first kappa shape index (κ1) is 12.9.